The zero-order valence-electron chi connectivity index (χ0n) is 12.1. The molecular formula is C16H18N2O3. The first-order chi connectivity index (χ1) is 10.1. The van der Waals surface area contributed by atoms with E-state index in [9.17, 15) is 9.59 Å². The summed E-state index contributed by atoms with van der Waals surface area (Å²) in [5.41, 5.74) is 1.09. The standard InChI is InChI=1S/C16H18N2O3/c1-11(9-12-5-3-4-6-14(12)21-2)18-16(20)13-7-8-17-15(19)10-13/h3-8,10-11H,9H2,1-2H3,(H,17,19)(H,18,20). The molecule has 5 heteroatoms. The second-order valence-corrected chi connectivity index (χ2v) is 4.83. The van der Waals surface area contributed by atoms with Crippen molar-refractivity contribution in [3.05, 3.63) is 64.1 Å². The Hall–Kier alpha value is -2.56. The summed E-state index contributed by atoms with van der Waals surface area (Å²) < 4.78 is 5.29. The summed E-state index contributed by atoms with van der Waals surface area (Å²) in [6.45, 7) is 1.91. The van der Waals surface area contributed by atoms with E-state index in [1.54, 1.807) is 13.2 Å². The van der Waals surface area contributed by atoms with Crippen LogP contribution in [-0.4, -0.2) is 24.0 Å². The monoisotopic (exact) mass is 286 g/mol. The predicted octanol–water partition coefficient (Wildman–Crippen LogP) is 1.74. The molecule has 0 aliphatic carbocycles. The van der Waals surface area contributed by atoms with Crippen molar-refractivity contribution < 1.29 is 9.53 Å². The number of benzene rings is 1. The first kappa shape index (κ1) is 14.8. The number of amides is 1. The largest absolute Gasteiger partial charge is 0.496 e. The van der Waals surface area contributed by atoms with Crippen LogP contribution in [0.5, 0.6) is 5.75 Å². The Kier molecular flexibility index (Phi) is 4.77. The number of hydrogen-bond acceptors (Lipinski definition) is 3. The quantitative estimate of drug-likeness (QED) is 0.879. The summed E-state index contributed by atoms with van der Waals surface area (Å²) in [6.07, 6.45) is 2.11. The van der Waals surface area contributed by atoms with E-state index in [-0.39, 0.29) is 17.5 Å². The van der Waals surface area contributed by atoms with Gasteiger partial charge in [-0.25, -0.2) is 0 Å². The number of para-hydroxylation sites is 1. The summed E-state index contributed by atoms with van der Waals surface area (Å²) in [6, 6.07) is 10.5. The molecule has 0 aliphatic heterocycles. The Balaban J connectivity index is 2.03. The lowest BCUT2D eigenvalue weighted by molar-refractivity contribution is 0.0939. The number of pyridine rings is 1. The number of carbonyl (C=O) groups excluding carboxylic acids is 1. The van der Waals surface area contributed by atoms with Gasteiger partial charge in [0.15, 0.2) is 0 Å². The van der Waals surface area contributed by atoms with E-state index < -0.39 is 0 Å². The molecule has 2 aromatic rings. The summed E-state index contributed by atoms with van der Waals surface area (Å²) >= 11 is 0. The summed E-state index contributed by atoms with van der Waals surface area (Å²) in [5, 5.41) is 2.88. The number of hydrogen-bond donors (Lipinski definition) is 2. The van der Waals surface area contributed by atoms with Gasteiger partial charge in [0.05, 0.1) is 7.11 Å². The summed E-state index contributed by atoms with van der Waals surface area (Å²) in [7, 11) is 1.62. The van der Waals surface area contributed by atoms with E-state index in [4.69, 9.17) is 4.74 Å². The van der Waals surface area contributed by atoms with Gasteiger partial charge in [-0.3, -0.25) is 9.59 Å². The van der Waals surface area contributed by atoms with Crippen LogP contribution in [0.15, 0.2) is 47.4 Å². The van der Waals surface area contributed by atoms with Crippen LogP contribution >= 0.6 is 0 Å². The highest BCUT2D eigenvalue weighted by Gasteiger charge is 2.12. The average molecular weight is 286 g/mol. The second-order valence-electron chi connectivity index (χ2n) is 4.83. The fourth-order valence-electron chi connectivity index (χ4n) is 2.15. The van der Waals surface area contributed by atoms with Crippen LogP contribution in [-0.2, 0) is 6.42 Å². The minimum atomic E-state index is -0.292. The molecule has 1 aromatic heterocycles. The second kappa shape index (κ2) is 6.74. The van der Waals surface area contributed by atoms with Crippen LogP contribution in [0.2, 0.25) is 0 Å². The van der Waals surface area contributed by atoms with Crippen LogP contribution in [0, 0.1) is 0 Å². The SMILES string of the molecule is COc1ccccc1CC(C)NC(=O)c1cc[nH]c(=O)c1. The van der Waals surface area contributed by atoms with Crippen molar-refractivity contribution in [2.45, 2.75) is 19.4 Å². The van der Waals surface area contributed by atoms with Gasteiger partial charge in [-0.2, -0.15) is 0 Å². The smallest absolute Gasteiger partial charge is 0.251 e. The maximum absolute atomic E-state index is 12.1. The fraction of sp³-hybridized carbons (Fsp3) is 0.250. The van der Waals surface area contributed by atoms with Gasteiger partial charge < -0.3 is 15.0 Å². The number of H-pyrrole nitrogens is 1. The lowest BCUT2D eigenvalue weighted by atomic mass is 10.1. The Morgan fingerprint density at radius 1 is 1.33 bits per heavy atom. The Morgan fingerprint density at radius 3 is 2.81 bits per heavy atom. The predicted molar refractivity (Wildman–Crippen MR) is 80.7 cm³/mol. The van der Waals surface area contributed by atoms with Crippen LogP contribution in [0.4, 0.5) is 0 Å². The highest BCUT2D eigenvalue weighted by Crippen LogP contribution is 2.18. The van der Waals surface area contributed by atoms with E-state index in [0.717, 1.165) is 11.3 Å². The van der Waals surface area contributed by atoms with E-state index in [1.807, 2.05) is 31.2 Å². The van der Waals surface area contributed by atoms with E-state index in [1.165, 1.54) is 12.3 Å². The van der Waals surface area contributed by atoms with Gasteiger partial charge in [0, 0.05) is 23.9 Å². The van der Waals surface area contributed by atoms with Gasteiger partial charge in [-0.05, 0) is 31.0 Å². The summed E-state index contributed by atoms with van der Waals surface area (Å²) in [4.78, 5) is 25.7. The third kappa shape index (κ3) is 3.95. The molecule has 0 fully saturated rings. The van der Waals surface area contributed by atoms with E-state index in [2.05, 4.69) is 10.3 Å². The molecule has 0 saturated heterocycles. The maximum Gasteiger partial charge on any atom is 0.251 e. The molecule has 1 unspecified atom stereocenters. The number of aromatic nitrogens is 1. The summed E-state index contributed by atoms with van der Waals surface area (Å²) in [5.74, 6) is 0.540. The maximum atomic E-state index is 12.1. The molecule has 0 saturated carbocycles. The molecule has 1 amide bonds. The molecule has 2 N–H and O–H groups in total. The van der Waals surface area contributed by atoms with E-state index >= 15 is 0 Å². The van der Waals surface area contributed by atoms with Gasteiger partial charge in [0.2, 0.25) is 5.56 Å². The van der Waals surface area contributed by atoms with Crippen molar-refractivity contribution in [1.82, 2.24) is 10.3 Å². The molecular weight excluding hydrogens is 268 g/mol. The van der Waals surface area contributed by atoms with Crippen molar-refractivity contribution in [3.63, 3.8) is 0 Å². The lowest BCUT2D eigenvalue weighted by Crippen LogP contribution is -2.34. The third-order valence-electron chi connectivity index (χ3n) is 3.13. The molecule has 5 nitrogen and oxygen atoms in total. The lowest BCUT2D eigenvalue weighted by Gasteiger charge is -2.15. The number of rotatable bonds is 5. The van der Waals surface area contributed by atoms with Crippen LogP contribution in [0.1, 0.15) is 22.8 Å². The van der Waals surface area contributed by atoms with Crippen molar-refractivity contribution in [2.75, 3.05) is 7.11 Å². The number of carbonyl (C=O) groups is 1. The normalized spacial score (nSPS) is 11.7. The molecule has 1 aromatic carbocycles. The molecule has 2 rings (SSSR count). The molecule has 21 heavy (non-hydrogen) atoms. The minimum absolute atomic E-state index is 0.0758. The van der Waals surface area contributed by atoms with Gasteiger partial charge in [0.1, 0.15) is 5.75 Å². The topological polar surface area (TPSA) is 71.2 Å². The zero-order valence-corrected chi connectivity index (χ0v) is 12.1. The number of methoxy groups -OCH3 is 1. The zero-order chi connectivity index (χ0) is 15.2. The Morgan fingerprint density at radius 2 is 2.10 bits per heavy atom. The van der Waals surface area contributed by atoms with Gasteiger partial charge in [-0.15, -0.1) is 0 Å². The third-order valence-corrected chi connectivity index (χ3v) is 3.13. The minimum Gasteiger partial charge on any atom is -0.496 e. The molecule has 1 atom stereocenters. The van der Waals surface area contributed by atoms with Crippen LogP contribution in [0.3, 0.4) is 0 Å². The molecule has 0 bridgehead atoms. The first-order valence-corrected chi connectivity index (χ1v) is 6.71. The van der Waals surface area contributed by atoms with Gasteiger partial charge in [0.25, 0.3) is 5.91 Å². The van der Waals surface area contributed by atoms with Gasteiger partial charge >= 0.3 is 0 Å². The molecule has 0 aliphatic rings. The molecule has 1 heterocycles. The average Bonchev–Trinajstić information content (AvgIpc) is 2.47. The highest BCUT2D eigenvalue weighted by atomic mass is 16.5. The Bertz CT molecular complexity index is 679. The van der Waals surface area contributed by atoms with Crippen molar-refractivity contribution in [3.8, 4) is 5.75 Å². The number of ether oxygens (including phenoxy) is 1. The van der Waals surface area contributed by atoms with Gasteiger partial charge in [-0.1, -0.05) is 18.2 Å². The first-order valence-electron chi connectivity index (χ1n) is 6.71. The molecule has 0 radical (unpaired) electrons. The number of nitrogens with one attached hydrogen (secondary N) is 2. The van der Waals surface area contributed by atoms with Crippen LogP contribution < -0.4 is 15.6 Å². The fourth-order valence-corrected chi connectivity index (χ4v) is 2.15. The van der Waals surface area contributed by atoms with E-state index in [0.29, 0.717) is 12.0 Å². The highest BCUT2D eigenvalue weighted by molar-refractivity contribution is 5.94. The Labute approximate surface area is 123 Å². The molecule has 110 valence electrons. The van der Waals surface area contributed by atoms with Crippen molar-refractivity contribution in [1.29, 1.82) is 0 Å². The van der Waals surface area contributed by atoms with Crippen molar-refractivity contribution in [2.24, 2.45) is 0 Å². The van der Waals surface area contributed by atoms with Crippen LogP contribution in [0.25, 0.3) is 0 Å². The molecule has 0 spiro atoms. The van der Waals surface area contributed by atoms with Crippen molar-refractivity contribution >= 4 is 5.91 Å². The number of aromatic amines is 1.